The predicted octanol–water partition coefficient (Wildman–Crippen LogP) is 8.16. The minimum absolute atomic E-state index is 0.0602. The van der Waals surface area contributed by atoms with E-state index in [4.69, 9.17) is 11.2 Å². The van der Waals surface area contributed by atoms with E-state index in [1.54, 1.807) is 5.38 Å². The van der Waals surface area contributed by atoms with Gasteiger partial charge in [-0.3, -0.25) is 9.59 Å². The number of anilines is 1. The Labute approximate surface area is 299 Å². The number of fused-ring (bicyclic) bond motifs is 3. The number of primary amides is 1. The van der Waals surface area contributed by atoms with Gasteiger partial charge < -0.3 is 20.9 Å². The molecule has 1 aromatic heterocycles. The first-order chi connectivity index (χ1) is 23.6. The predicted molar refractivity (Wildman–Crippen MR) is 204 cm³/mol. The van der Waals surface area contributed by atoms with Crippen LogP contribution in [0.5, 0.6) is 0 Å². The molecule has 1 saturated heterocycles. The number of rotatable bonds is 4. The molecule has 3 aromatic rings. The first-order valence-electron chi connectivity index (χ1n) is 18.2. The zero-order valence-electron chi connectivity index (χ0n) is 30.3. The lowest BCUT2D eigenvalue weighted by atomic mass is 9.62. The summed E-state index contributed by atoms with van der Waals surface area (Å²) >= 11 is 1.35. The van der Waals surface area contributed by atoms with Crippen LogP contribution < -0.4 is 11.1 Å². The Hall–Kier alpha value is -3.67. The number of hydrogen-bond donors (Lipinski definition) is 2. The van der Waals surface area contributed by atoms with Gasteiger partial charge >= 0.3 is 0 Å². The molecule has 2 aliphatic heterocycles. The van der Waals surface area contributed by atoms with Crippen molar-refractivity contribution < 1.29 is 9.59 Å². The van der Waals surface area contributed by atoms with Gasteiger partial charge in [-0.1, -0.05) is 63.6 Å². The fourth-order valence-corrected chi connectivity index (χ4v) is 8.99. The number of nitrogens with zero attached hydrogens (tertiary/aromatic N) is 3. The van der Waals surface area contributed by atoms with Crippen molar-refractivity contribution >= 4 is 29.3 Å². The smallest absolute Gasteiger partial charge is 0.274 e. The normalized spacial score (nSPS) is 25.4. The van der Waals surface area contributed by atoms with Crippen molar-refractivity contribution in [2.75, 3.05) is 32.0 Å². The maximum Gasteiger partial charge on any atom is 0.274 e. The van der Waals surface area contributed by atoms with E-state index in [9.17, 15) is 4.79 Å². The lowest BCUT2D eigenvalue weighted by Gasteiger charge is -2.48. The standard InChI is InChI=1S/C32H35N3OS.C5H11N.C3H8.CH3NO/c1-4-29-33-28(20-37-29)31(36)35-14-13-24-7-5-6-8-27(24)30(35)25-9-11-26(12-10-25)34-32(3)18-22-15-21(2)16-23(17-22)19-32;1-6-4-2-3-5-6;1-3-2;2-1-3/h1,5-12,20-23,30,34H,13-19H2,2-3H3;2-5H2,1H3;3H2,1-2H3;1H,(H2,2,3). The maximum atomic E-state index is 13.6. The quantitative estimate of drug-likeness (QED) is 0.214. The summed E-state index contributed by atoms with van der Waals surface area (Å²) in [7, 11) is 2.17. The van der Waals surface area contributed by atoms with Gasteiger partial charge in [0.1, 0.15) is 5.69 Å². The number of nitrogens with one attached hydrogen (secondary N) is 1. The number of likely N-dealkylation sites (tertiary alicyclic amines) is 1. The summed E-state index contributed by atoms with van der Waals surface area (Å²) < 4.78 is 0. The number of carbonyl (C=O) groups is 2. The molecule has 2 amide bonds. The number of benzene rings is 2. The number of hydrogen-bond acceptors (Lipinski definition) is 6. The van der Waals surface area contributed by atoms with E-state index >= 15 is 0 Å². The second-order valence-electron chi connectivity index (χ2n) is 14.6. The van der Waals surface area contributed by atoms with E-state index in [0.717, 1.165) is 29.7 Å². The highest BCUT2D eigenvalue weighted by Gasteiger charge is 2.41. The van der Waals surface area contributed by atoms with Gasteiger partial charge in [0.05, 0.1) is 6.04 Å². The monoisotopic (exact) mass is 683 g/mol. The topological polar surface area (TPSA) is 91.6 Å². The summed E-state index contributed by atoms with van der Waals surface area (Å²) in [6.07, 6.45) is 17.3. The van der Waals surface area contributed by atoms with Crippen LogP contribution in [0.25, 0.3) is 0 Å². The molecule has 8 heteroatoms. The number of nitrogens with two attached hydrogens (primary N) is 1. The summed E-state index contributed by atoms with van der Waals surface area (Å²) in [6, 6.07) is 17.1. The molecule has 4 aliphatic rings. The van der Waals surface area contributed by atoms with E-state index in [-0.39, 0.29) is 23.9 Å². The summed E-state index contributed by atoms with van der Waals surface area (Å²) in [5.74, 6) is 5.06. The number of thiazole rings is 1. The SMILES string of the molecule is C#Cc1nc(C(=O)N2CCc3ccccc3C2c2ccc(NC3(C)CC4CC(C)CC(C4)C3)cc2)cs1.CCC.CN1CCCC1.NC=O. The third-order valence-electron chi connectivity index (χ3n) is 10.0. The average Bonchev–Trinajstić information content (AvgIpc) is 3.76. The van der Waals surface area contributed by atoms with Gasteiger partial charge in [-0.2, -0.15) is 0 Å². The Morgan fingerprint density at radius 3 is 2.22 bits per heavy atom. The minimum atomic E-state index is -0.145. The van der Waals surface area contributed by atoms with Crippen molar-refractivity contribution in [1.82, 2.24) is 14.8 Å². The van der Waals surface area contributed by atoms with Crippen molar-refractivity contribution in [3.05, 3.63) is 81.3 Å². The molecule has 3 N–H and O–H groups in total. The summed E-state index contributed by atoms with van der Waals surface area (Å²) in [5.41, 5.74) is 9.53. The van der Waals surface area contributed by atoms with Crippen molar-refractivity contribution in [2.24, 2.45) is 23.5 Å². The molecule has 3 fully saturated rings. The van der Waals surface area contributed by atoms with E-state index in [2.05, 4.69) is 110 Å². The van der Waals surface area contributed by atoms with Crippen molar-refractivity contribution in [3.8, 4) is 12.3 Å². The molecule has 264 valence electrons. The van der Waals surface area contributed by atoms with Crippen LogP contribution in [0.15, 0.2) is 53.9 Å². The molecule has 7 nitrogen and oxygen atoms in total. The molecule has 7 rings (SSSR count). The van der Waals surface area contributed by atoms with Gasteiger partial charge in [-0.15, -0.1) is 17.8 Å². The lowest BCUT2D eigenvalue weighted by molar-refractivity contribution is -0.106. The molecule has 2 saturated carbocycles. The Kier molecular flexibility index (Phi) is 14.3. The second kappa shape index (κ2) is 18.4. The highest BCUT2D eigenvalue weighted by atomic mass is 32.1. The van der Waals surface area contributed by atoms with Crippen LogP contribution in [0.2, 0.25) is 0 Å². The van der Waals surface area contributed by atoms with E-state index < -0.39 is 0 Å². The van der Waals surface area contributed by atoms with Gasteiger partial charge in [0.15, 0.2) is 5.01 Å². The van der Waals surface area contributed by atoms with Gasteiger partial charge in [0, 0.05) is 23.2 Å². The highest BCUT2D eigenvalue weighted by Crippen LogP contribution is 2.47. The Morgan fingerprint density at radius 1 is 1.06 bits per heavy atom. The van der Waals surface area contributed by atoms with Gasteiger partial charge in [-0.05, 0) is 131 Å². The van der Waals surface area contributed by atoms with Crippen molar-refractivity contribution in [3.63, 3.8) is 0 Å². The number of aromatic nitrogens is 1. The summed E-state index contributed by atoms with van der Waals surface area (Å²) in [5, 5.41) is 6.24. The molecular formula is C41H57N5O2S. The molecule has 3 heterocycles. The van der Waals surface area contributed by atoms with Crippen LogP contribution in [-0.4, -0.2) is 59.3 Å². The van der Waals surface area contributed by atoms with Crippen LogP contribution >= 0.6 is 11.3 Å². The third kappa shape index (κ3) is 10.4. The van der Waals surface area contributed by atoms with Gasteiger partial charge in [0.2, 0.25) is 6.41 Å². The first kappa shape index (κ1) is 38.1. The minimum Gasteiger partial charge on any atom is -0.380 e. The highest BCUT2D eigenvalue weighted by molar-refractivity contribution is 7.10. The van der Waals surface area contributed by atoms with Crippen molar-refractivity contribution in [2.45, 2.75) is 97.1 Å². The molecule has 2 aliphatic carbocycles. The first-order valence-corrected chi connectivity index (χ1v) is 19.0. The molecule has 2 aromatic carbocycles. The Balaban J connectivity index is 0.000000388. The van der Waals surface area contributed by atoms with E-state index in [1.807, 2.05) is 4.90 Å². The molecule has 3 atom stereocenters. The van der Waals surface area contributed by atoms with Crippen LogP contribution in [0.4, 0.5) is 5.69 Å². The zero-order valence-corrected chi connectivity index (χ0v) is 31.1. The fraction of sp³-hybridized carbons (Fsp3) is 0.537. The molecular weight excluding hydrogens is 627 g/mol. The Morgan fingerprint density at radius 2 is 1.67 bits per heavy atom. The van der Waals surface area contributed by atoms with Crippen LogP contribution in [0.1, 0.15) is 117 Å². The fourth-order valence-electron chi connectivity index (χ4n) is 8.39. The third-order valence-corrected chi connectivity index (χ3v) is 10.8. The van der Waals surface area contributed by atoms with Crippen LogP contribution in [-0.2, 0) is 11.2 Å². The summed E-state index contributed by atoms with van der Waals surface area (Å²) in [4.78, 5) is 30.9. The lowest BCUT2D eigenvalue weighted by Crippen LogP contribution is -2.45. The van der Waals surface area contributed by atoms with E-state index in [0.29, 0.717) is 17.2 Å². The van der Waals surface area contributed by atoms with Gasteiger partial charge in [0.25, 0.3) is 5.91 Å². The van der Waals surface area contributed by atoms with Crippen LogP contribution in [0.3, 0.4) is 0 Å². The second-order valence-corrected chi connectivity index (χ2v) is 15.5. The number of amides is 2. The van der Waals surface area contributed by atoms with Crippen molar-refractivity contribution in [1.29, 1.82) is 0 Å². The van der Waals surface area contributed by atoms with Gasteiger partial charge in [-0.25, -0.2) is 4.98 Å². The average molecular weight is 684 g/mol. The molecule has 3 unspecified atom stereocenters. The molecule has 0 radical (unpaired) electrons. The molecule has 2 bridgehead atoms. The summed E-state index contributed by atoms with van der Waals surface area (Å²) in [6.45, 7) is 12.4. The number of terminal acetylenes is 1. The Bertz CT molecular complexity index is 1510. The maximum absolute atomic E-state index is 13.6. The number of carbonyl (C=O) groups excluding carboxylic acids is 2. The largest absolute Gasteiger partial charge is 0.380 e. The zero-order chi connectivity index (χ0) is 35.4. The molecule has 0 spiro atoms. The molecule has 49 heavy (non-hydrogen) atoms. The van der Waals surface area contributed by atoms with Crippen LogP contribution in [0, 0.1) is 30.1 Å². The van der Waals surface area contributed by atoms with E-state index in [1.165, 1.54) is 92.6 Å².